The molecule has 1 atom stereocenters. The van der Waals surface area contributed by atoms with Crippen molar-refractivity contribution in [2.75, 3.05) is 20.1 Å². The number of aromatic hydroxyl groups is 1. The summed E-state index contributed by atoms with van der Waals surface area (Å²) in [7, 11) is -0.0644. The summed E-state index contributed by atoms with van der Waals surface area (Å²) >= 11 is 2.70. The Bertz CT molecular complexity index is 2380. The second-order valence-corrected chi connectivity index (χ2v) is 24.2. The number of ether oxygens (including phenoxy) is 1. The van der Waals surface area contributed by atoms with Gasteiger partial charge in [-0.2, -0.15) is 4.98 Å². The number of carbonyl (C=O) groups is 1. The minimum Gasteiger partial charge on any atom is -0.506 e. The summed E-state index contributed by atoms with van der Waals surface area (Å²) < 4.78 is 18.6. The molecule has 7 rings (SSSR count). The number of hydrogen-bond acceptors (Lipinski definition) is 13. The highest BCUT2D eigenvalue weighted by Crippen LogP contribution is 2.42. The Kier molecular flexibility index (Phi) is 13.8. The van der Waals surface area contributed by atoms with Crippen LogP contribution in [0.2, 0.25) is 18.1 Å². The van der Waals surface area contributed by atoms with E-state index in [1.807, 2.05) is 41.1 Å². The lowest BCUT2D eigenvalue weighted by Crippen LogP contribution is -2.43. The number of aliphatic hydroxyl groups is 1. The van der Waals surface area contributed by atoms with Gasteiger partial charge in [-0.1, -0.05) is 68.4 Å². The number of esters is 1. The van der Waals surface area contributed by atoms with Crippen LogP contribution in [-0.2, 0) is 32.5 Å². The number of benzene rings is 2. The highest BCUT2D eigenvalue weighted by atomic mass is 32.1. The molecule has 12 nitrogen and oxygen atoms in total. The van der Waals surface area contributed by atoms with Crippen molar-refractivity contribution < 1.29 is 28.7 Å². The maximum absolute atomic E-state index is 13.4. The number of aryl methyl sites for hydroxylation is 1. The van der Waals surface area contributed by atoms with E-state index in [0.717, 1.165) is 60.7 Å². The quantitative estimate of drug-likeness (QED) is 0.0511. The van der Waals surface area contributed by atoms with Crippen molar-refractivity contribution in [2.24, 2.45) is 0 Å². The van der Waals surface area contributed by atoms with Crippen molar-refractivity contribution in [3.63, 3.8) is 0 Å². The summed E-state index contributed by atoms with van der Waals surface area (Å²) in [4.78, 5) is 36.5. The minimum absolute atomic E-state index is 0.0133. The van der Waals surface area contributed by atoms with Gasteiger partial charge in [0, 0.05) is 42.6 Å². The number of fused-ring (bicyclic) bond motifs is 1. The third-order valence-corrected chi connectivity index (χ3v) is 18.8. The molecule has 324 valence electrons. The van der Waals surface area contributed by atoms with Crippen molar-refractivity contribution >= 4 is 47.9 Å². The molecule has 1 aliphatic carbocycles. The Balaban J connectivity index is 0.878. The van der Waals surface area contributed by atoms with E-state index in [9.17, 15) is 19.8 Å². The van der Waals surface area contributed by atoms with Gasteiger partial charge < -0.3 is 39.1 Å². The largest absolute Gasteiger partial charge is 0.506 e. The fourth-order valence-electron chi connectivity index (χ4n) is 7.67. The first kappa shape index (κ1) is 44.6. The fourth-order valence-corrected chi connectivity index (χ4v) is 10.7. The van der Waals surface area contributed by atoms with E-state index in [-0.39, 0.29) is 28.6 Å². The number of phenolic OH excluding ortho intramolecular Hbond substituents is 1. The highest BCUT2D eigenvalue weighted by Gasteiger charge is 2.45. The van der Waals surface area contributed by atoms with Crippen LogP contribution in [0.25, 0.3) is 22.3 Å². The van der Waals surface area contributed by atoms with Crippen molar-refractivity contribution in [3.05, 3.63) is 121 Å². The van der Waals surface area contributed by atoms with Crippen molar-refractivity contribution in [1.29, 1.82) is 0 Å². The highest BCUT2D eigenvalue weighted by molar-refractivity contribution is 7.12. The Morgan fingerprint density at radius 3 is 2.33 bits per heavy atom. The molecule has 4 aromatic heterocycles. The Morgan fingerprint density at radius 1 is 1.00 bits per heavy atom. The number of nitrogens with one attached hydrogen (secondary N) is 2. The van der Waals surface area contributed by atoms with Crippen LogP contribution in [0.15, 0.2) is 92.9 Å². The first-order valence-electron chi connectivity index (χ1n) is 21.0. The molecule has 0 saturated heterocycles. The molecule has 0 radical (unpaired) electrons. The lowest BCUT2D eigenvalue weighted by molar-refractivity contribution is -0.169. The maximum atomic E-state index is 13.4. The van der Waals surface area contributed by atoms with Crippen LogP contribution >= 0.6 is 22.7 Å². The van der Waals surface area contributed by atoms with Crippen LogP contribution in [0.1, 0.15) is 85.8 Å². The molecule has 0 aliphatic heterocycles. The molecule has 1 fully saturated rings. The molecule has 1 saturated carbocycles. The number of H-pyrrole nitrogens is 1. The number of nitrogens with zero attached hydrogens (tertiary/aromatic N) is 3. The van der Waals surface area contributed by atoms with E-state index in [2.05, 4.69) is 73.4 Å². The van der Waals surface area contributed by atoms with Crippen LogP contribution in [0.5, 0.6) is 5.75 Å². The van der Waals surface area contributed by atoms with Gasteiger partial charge in [0.1, 0.15) is 11.9 Å². The van der Waals surface area contributed by atoms with Gasteiger partial charge in [-0.05, 0) is 110 Å². The Hall–Kier alpha value is -4.48. The van der Waals surface area contributed by atoms with Crippen molar-refractivity contribution in [2.45, 2.75) is 108 Å². The number of rotatable bonds is 17. The third-order valence-electron chi connectivity index (χ3n) is 12.3. The van der Waals surface area contributed by atoms with Crippen LogP contribution in [0.3, 0.4) is 0 Å². The molecule has 15 heteroatoms. The number of thiophene rings is 2. The van der Waals surface area contributed by atoms with Gasteiger partial charge in [0.25, 0.3) is 0 Å². The Labute approximate surface area is 366 Å². The molecule has 0 amide bonds. The minimum atomic E-state index is -2.20. The van der Waals surface area contributed by atoms with E-state index in [1.165, 1.54) is 28.7 Å². The molecule has 6 aromatic rings. The van der Waals surface area contributed by atoms with E-state index in [1.54, 1.807) is 24.3 Å². The Morgan fingerprint density at radius 2 is 1.69 bits per heavy atom. The second-order valence-electron chi connectivity index (χ2n) is 17.6. The second kappa shape index (κ2) is 18.9. The van der Waals surface area contributed by atoms with Crippen LogP contribution in [0, 0.1) is 0 Å². The zero-order valence-electron chi connectivity index (χ0n) is 35.8. The molecule has 1 aliphatic rings. The lowest BCUT2D eigenvalue weighted by atomic mass is 9.91. The van der Waals surface area contributed by atoms with E-state index in [0.29, 0.717) is 52.5 Å². The molecule has 0 spiro atoms. The number of phenols is 1. The summed E-state index contributed by atoms with van der Waals surface area (Å²) in [6.07, 6.45) is 4.32. The molecule has 61 heavy (non-hydrogen) atoms. The standard InChI is InChI=1S/C46H57N5O7S2Si/c1-45(2,3)61(5,6)58-37(34-21-23-36(52)42-35(34)22-24-40(53)48-42)29-47-28-30-13-15-31(16-14-30)43-49-41(57-50-43)12-7-25-51(4)32-17-19-33(20-18-32)56-44(54)46(55,38-10-8-26-59-38)39-11-9-27-60-39/h8-11,13-16,21-24,26-27,32-33,37,47,52,55H,7,12,17-20,25,28-29H2,1-6H3,(H,48,53)/t32?,33?,37-/m1/s1. The summed E-state index contributed by atoms with van der Waals surface area (Å²) in [5, 5.41) is 34.4. The van der Waals surface area contributed by atoms with Gasteiger partial charge >= 0.3 is 5.97 Å². The molecular formula is C46H57N5O7S2Si. The van der Waals surface area contributed by atoms with Gasteiger partial charge in [-0.25, -0.2) is 4.79 Å². The zero-order valence-corrected chi connectivity index (χ0v) is 38.4. The number of aromatic nitrogens is 3. The lowest BCUT2D eigenvalue weighted by Gasteiger charge is -2.39. The van der Waals surface area contributed by atoms with E-state index in [4.69, 9.17) is 18.7 Å². The summed E-state index contributed by atoms with van der Waals surface area (Å²) in [6, 6.07) is 22.5. The smallest absolute Gasteiger partial charge is 0.349 e. The van der Waals surface area contributed by atoms with Gasteiger partial charge in [0.2, 0.25) is 22.9 Å². The van der Waals surface area contributed by atoms with Gasteiger partial charge in [-0.15, -0.1) is 22.7 Å². The third kappa shape index (κ3) is 10.3. The predicted octanol–water partition coefficient (Wildman–Crippen LogP) is 8.91. The fraction of sp³-hybridized carbons (Fsp3) is 0.435. The number of hydrogen-bond donors (Lipinski definition) is 4. The van der Waals surface area contributed by atoms with Crippen LogP contribution in [0.4, 0.5) is 0 Å². The van der Waals surface area contributed by atoms with E-state index >= 15 is 0 Å². The summed E-state index contributed by atoms with van der Waals surface area (Å²) in [5.41, 5.74) is 1.24. The number of pyridine rings is 1. The van der Waals surface area contributed by atoms with Crippen LogP contribution in [-0.4, -0.2) is 76.8 Å². The average molecular weight is 884 g/mol. The number of aromatic amines is 1. The molecule has 0 bridgehead atoms. The first-order chi connectivity index (χ1) is 29.1. The SMILES string of the molecule is CN(CCCc1nc(-c2ccc(CNC[C@@H](O[Si](C)(C)C(C)(C)C)c3ccc(O)c4[nH]c(=O)ccc34)cc2)no1)C1CCC(OC(=O)C(O)(c2cccs2)c2cccs2)CC1. The summed E-state index contributed by atoms with van der Waals surface area (Å²) in [6.45, 7) is 13.1. The first-order valence-corrected chi connectivity index (χ1v) is 25.7. The van der Waals surface area contributed by atoms with E-state index < -0.39 is 19.9 Å². The predicted molar refractivity (Wildman–Crippen MR) is 243 cm³/mol. The molecule has 4 N–H and O–H groups in total. The van der Waals surface area contributed by atoms with Gasteiger partial charge in [0.05, 0.1) is 21.4 Å². The van der Waals surface area contributed by atoms with Gasteiger partial charge in [-0.3, -0.25) is 4.79 Å². The maximum Gasteiger partial charge on any atom is 0.349 e. The molecule has 0 unspecified atom stereocenters. The monoisotopic (exact) mass is 883 g/mol. The zero-order chi connectivity index (χ0) is 43.4. The molecule has 4 heterocycles. The topological polar surface area (TPSA) is 163 Å². The van der Waals surface area contributed by atoms with Crippen LogP contribution < -0.4 is 10.9 Å². The summed E-state index contributed by atoms with van der Waals surface area (Å²) in [5.74, 6) is 0.588. The van der Waals surface area contributed by atoms with Crippen molar-refractivity contribution in [1.82, 2.24) is 25.3 Å². The molecule has 2 aromatic carbocycles. The average Bonchev–Trinajstić information content (AvgIpc) is 4.06. The van der Waals surface area contributed by atoms with Crippen molar-refractivity contribution in [3.8, 4) is 17.1 Å². The number of carbonyl (C=O) groups excluding carboxylic acids is 1. The van der Waals surface area contributed by atoms with Gasteiger partial charge in [0.15, 0.2) is 8.32 Å². The normalized spacial score (nSPS) is 16.9. The molecular weight excluding hydrogens is 827 g/mol.